The Morgan fingerprint density at radius 2 is 2.05 bits per heavy atom. The fraction of sp³-hybridized carbons (Fsp3) is 0.400. The van der Waals surface area contributed by atoms with Gasteiger partial charge in [-0.25, -0.2) is 8.78 Å². The van der Waals surface area contributed by atoms with Gasteiger partial charge in [-0.3, -0.25) is 0 Å². The molecular weight excluding hydrogens is 288 g/mol. The summed E-state index contributed by atoms with van der Waals surface area (Å²) in [5.41, 5.74) is -0.270. The molecule has 1 unspecified atom stereocenters. The first-order valence-electron chi connectivity index (χ1n) is 7.29. The van der Waals surface area contributed by atoms with Crippen molar-refractivity contribution >= 4 is 17.5 Å². The molecule has 0 aliphatic carbocycles. The maximum absolute atomic E-state index is 13.7. The largest absolute Gasteiger partial charge is 0.355 e. The molecule has 2 heterocycles. The minimum absolute atomic E-state index is 0.0831. The molecule has 0 amide bonds. The summed E-state index contributed by atoms with van der Waals surface area (Å²) in [7, 11) is 0. The van der Waals surface area contributed by atoms with Gasteiger partial charge >= 0.3 is 0 Å². The smallest absolute Gasteiger partial charge is 0.249 e. The zero-order valence-corrected chi connectivity index (χ0v) is 12.3. The minimum atomic E-state index is -0.694. The molecule has 0 bridgehead atoms. The Morgan fingerprint density at radius 1 is 1.27 bits per heavy atom. The van der Waals surface area contributed by atoms with Crippen LogP contribution in [0.4, 0.5) is 26.2 Å². The summed E-state index contributed by atoms with van der Waals surface area (Å²) >= 11 is 0. The third kappa shape index (κ3) is 3.13. The van der Waals surface area contributed by atoms with Crippen LogP contribution in [0.5, 0.6) is 0 Å². The molecule has 1 aromatic carbocycles. The van der Waals surface area contributed by atoms with Gasteiger partial charge in [-0.1, -0.05) is 13.0 Å². The lowest BCUT2D eigenvalue weighted by Crippen LogP contribution is -2.35. The zero-order chi connectivity index (χ0) is 15.5. The Labute approximate surface area is 127 Å². The number of hydrogen-bond donors (Lipinski definition) is 1. The van der Waals surface area contributed by atoms with E-state index in [1.165, 1.54) is 24.6 Å². The second kappa shape index (κ2) is 6.21. The van der Waals surface area contributed by atoms with Crippen LogP contribution in [-0.2, 0) is 0 Å². The summed E-state index contributed by atoms with van der Waals surface area (Å²) in [6.45, 7) is 3.98. The van der Waals surface area contributed by atoms with E-state index in [4.69, 9.17) is 0 Å². The van der Waals surface area contributed by atoms with Crippen LogP contribution in [0.2, 0.25) is 0 Å². The van der Waals surface area contributed by atoms with Gasteiger partial charge in [-0.15, -0.1) is 5.10 Å². The number of nitrogens with zero attached hydrogens (tertiary/aromatic N) is 4. The van der Waals surface area contributed by atoms with E-state index in [1.807, 2.05) is 0 Å². The molecule has 1 aliphatic rings. The van der Waals surface area contributed by atoms with Crippen LogP contribution in [0.3, 0.4) is 0 Å². The van der Waals surface area contributed by atoms with Gasteiger partial charge < -0.3 is 10.2 Å². The Morgan fingerprint density at radius 3 is 2.77 bits per heavy atom. The molecule has 1 aliphatic heterocycles. The molecule has 1 aromatic heterocycles. The highest BCUT2D eigenvalue weighted by molar-refractivity contribution is 5.56. The predicted molar refractivity (Wildman–Crippen MR) is 80.1 cm³/mol. The third-order valence-corrected chi connectivity index (χ3v) is 3.73. The van der Waals surface area contributed by atoms with Gasteiger partial charge in [0.25, 0.3) is 0 Å². The maximum atomic E-state index is 13.7. The lowest BCUT2D eigenvalue weighted by Gasteiger charge is -2.31. The molecule has 1 atom stereocenters. The molecule has 2 aromatic rings. The summed E-state index contributed by atoms with van der Waals surface area (Å²) in [5.74, 6) is -0.0501. The van der Waals surface area contributed by atoms with E-state index < -0.39 is 11.6 Å². The number of rotatable bonds is 3. The van der Waals surface area contributed by atoms with Crippen LogP contribution < -0.4 is 10.2 Å². The Bertz CT molecular complexity index is 644. The summed E-state index contributed by atoms with van der Waals surface area (Å²) in [6, 6.07) is 3.66. The zero-order valence-electron chi connectivity index (χ0n) is 12.3. The van der Waals surface area contributed by atoms with Crippen LogP contribution in [-0.4, -0.2) is 28.3 Å². The van der Waals surface area contributed by atoms with Gasteiger partial charge in [0.05, 0.1) is 6.20 Å². The van der Waals surface area contributed by atoms with E-state index in [1.54, 1.807) is 6.20 Å². The number of piperidine rings is 1. The molecule has 3 rings (SSSR count). The van der Waals surface area contributed by atoms with Crippen LogP contribution in [0, 0.1) is 17.6 Å². The molecular formula is C15H17F2N5. The van der Waals surface area contributed by atoms with Crippen molar-refractivity contribution < 1.29 is 8.78 Å². The summed E-state index contributed by atoms with van der Waals surface area (Å²) < 4.78 is 27.3. The van der Waals surface area contributed by atoms with Crippen LogP contribution in [0.15, 0.2) is 24.4 Å². The number of hydrogen-bond acceptors (Lipinski definition) is 5. The van der Waals surface area contributed by atoms with E-state index in [2.05, 4.69) is 32.3 Å². The number of para-hydroxylation sites is 1. The van der Waals surface area contributed by atoms with Crippen molar-refractivity contribution in [2.75, 3.05) is 23.3 Å². The van der Waals surface area contributed by atoms with Crippen LogP contribution in [0.1, 0.15) is 19.8 Å². The van der Waals surface area contributed by atoms with E-state index in [9.17, 15) is 8.78 Å². The van der Waals surface area contributed by atoms with Crippen LogP contribution in [0.25, 0.3) is 0 Å². The van der Waals surface area contributed by atoms with Crippen molar-refractivity contribution in [3.63, 3.8) is 0 Å². The number of benzene rings is 1. The Balaban J connectivity index is 1.82. The maximum Gasteiger partial charge on any atom is 0.249 e. The van der Waals surface area contributed by atoms with Gasteiger partial charge in [0, 0.05) is 13.1 Å². The summed E-state index contributed by atoms with van der Waals surface area (Å²) in [6.07, 6.45) is 3.86. The lowest BCUT2D eigenvalue weighted by molar-refractivity contribution is 0.444. The second-order valence-corrected chi connectivity index (χ2v) is 5.55. The van der Waals surface area contributed by atoms with Crippen molar-refractivity contribution in [3.8, 4) is 0 Å². The normalized spacial score (nSPS) is 18.3. The number of halogens is 2. The molecule has 0 radical (unpaired) electrons. The Hall–Kier alpha value is -2.31. The predicted octanol–water partition coefficient (Wildman–Crippen LogP) is 3.13. The molecule has 1 N–H and O–H groups in total. The highest BCUT2D eigenvalue weighted by Crippen LogP contribution is 2.24. The first kappa shape index (κ1) is 14.6. The van der Waals surface area contributed by atoms with Crippen molar-refractivity contribution in [1.82, 2.24) is 15.2 Å². The molecule has 1 saturated heterocycles. The van der Waals surface area contributed by atoms with Gasteiger partial charge in [-0.2, -0.15) is 10.1 Å². The molecule has 22 heavy (non-hydrogen) atoms. The SMILES string of the molecule is CC1CCCN(c2cnnc(Nc3c(F)cccc3F)n2)C1. The lowest BCUT2D eigenvalue weighted by atomic mass is 10.0. The molecule has 1 fully saturated rings. The van der Waals surface area contributed by atoms with Crippen LogP contribution >= 0.6 is 0 Å². The van der Waals surface area contributed by atoms with Gasteiger partial charge in [0.2, 0.25) is 5.95 Å². The molecule has 116 valence electrons. The van der Waals surface area contributed by atoms with Crippen molar-refractivity contribution in [3.05, 3.63) is 36.0 Å². The average molecular weight is 305 g/mol. The standard InChI is InChI=1S/C15H17F2N5/c1-10-4-3-7-22(9-10)13-8-18-21-15(19-13)20-14-11(16)5-2-6-12(14)17/h2,5-6,8,10H,3-4,7,9H2,1H3,(H,19,20,21). The summed E-state index contributed by atoms with van der Waals surface area (Å²) in [4.78, 5) is 6.43. The van der Waals surface area contributed by atoms with Crippen molar-refractivity contribution in [1.29, 1.82) is 0 Å². The van der Waals surface area contributed by atoms with E-state index in [0.717, 1.165) is 19.5 Å². The monoisotopic (exact) mass is 305 g/mol. The molecule has 7 heteroatoms. The molecule has 5 nitrogen and oxygen atoms in total. The second-order valence-electron chi connectivity index (χ2n) is 5.55. The van der Waals surface area contributed by atoms with Crippen molar-refractivity contribution in [2.45, 2.75) is 19.8 Å². The quantitative estimate of drug-likeness (QED) is 0.944. The number of nitrogens with one attached hydrogen (secondary N) is 1. The van der Waals surface area contributed by atoms with E-state index >= 15 is 0 Å². The first-order valence-corrected chi connectivity index (χ1v) is 7.29. The topological polar surface area (TPSA) is 53.9 Å². The average Bonchev–Trinajstić information content (AvgIpc) is 2.51. The summed E-state index contributed by atoms with van der Waals surface area (Å²) in [5, 5.41) is 10.2. The van der Waals surface area contributed by atoms with Gasteiger partial charge in [-0.05, 0) is 30.9 Å². The first-order chi connectivity index (χ1) is 10.6. The van der Waals surface area contributed by atoms with Gasteiger partial charge in [0.15, 0.2) is 5.82 Å². The minimum Gasteiger partial charge on any atom is -0.355 e. The van der Waals surface area contributed by atoms with Gasteiger partial charge in [0.1, 0.15) is 17.3 Å². The van der Waals surface area contributed by atoms with E-state index in [0.29, 0.717) is 11.7 Å². The number of aromatic nitrogens is 3. The Kier molecular flexibility index (Phi) is 4.13. The highest BCUT2D eigenvalue weighted by Gasteiger charge is 2.19. The molecule has 0 spiro atoms. The fourth-order valence-corrected chi connectivity index (χ4v) is 2.63. The van der Waals surface area contributed by atoms with Crippen molar-refractivity contribution in [2.24, 2.45) is 5.92 Å². The highest BCUT2D eigenvalue weighted by atomic mass is 19.1. The van der Waals surface area contributed by atoms with E-state index in [-0.39, 0.29) is 11.6 Å². The number of anilines is 3. The fourth-order valence-electron chi connectivity index (χ4n) is 2.63. The third-order valence-electron chi connectivity index (χ3n) is 3.73. The molecule has 0 saturated carbocycles.